The lowest BCUT2D eigenvalue weighted by Crippen LogP contribution is -2.48. The Morgan fingerprint density at radius 2 is 1.85 bits per heavy atom. The van der Waals surface area contributed by atoms with Gasteiger partial charge in [-0.1, -0.05) is 20.3 Å². The van der Waals surface area contributed by atoms with E-state index in [0.717, 1.165) is 45.6 Å². The van der Waals surface area contributed by atoms with Gasteiger partial charge in [0.2, 0.25) is 0 Å². The van der Waals surface area contributed by atoms with Gasteiger partial charge in [0.15, 0.2) is 0 Å². The van der Waals surface area contributed by atoms with Crippen molar-refractivity contribution in [3.8, 4) is 0 Å². The first-order valence-corrected chi connectivity index (χ1v) is 8.35. The monoisotopic (exact) mass is 284 g/mol. The summed E-state index contributed by atoms with van der Waals surface area (Å²) in [5.74, 6) is -0.0234. The quantitative estimate of drug-likeness (QED) is 0.609. The summed E-state index contributed by atoms with van der Waals surface area (Å²) in [7, 11) is 0. The fourth-order valence-corrected chi connectivity index (χ4v) is 3.00. The molecule has 0 radical (unpaired) electrons. The van der Waals surface area contributed by atoms with Gasteiger partial charge in [-0.15, -0.1) is 0 Å². The molecule has 1 saturated heterocycles. The van der Waals surface area contributed by atoms with E-state index in [0.29, 0.717) is 6.61 Å². The van der Waals surface area contributed by atoms with Gasteiger partial charge in [-0.3, -0.25) is 9.69 Å². The van der Waals surface area contributed by atoms with Crippen LogP contribution in [0.1, 0.15) is 52.9 Å². The van der Waals surface area contributed by atoms with Gasteiger partial charge in [0.05, 0.1) is 6.61 Å². The molecule has 4 nitrogen and oxygen atoms in total. The van der Waals surface area contributed by atoms with E-state index in [1.54, 1.807) is 0 Å². The first-order chi connectivity index (χ1) is 9.72. The highest BCUT2D eigenvalue weighted by Gasteiger charge is 2.29. The highest BCUT2D eigenvalue weighted by molar-refractivity contribution is 5.75. The maximum absolute atomic E-state index is 12.0. The van der Waals surface area contributed by atoms with E-state index in [9.17, 15) is 4.79 Å². The average Bonchev–Trinajstić information content (AvgIpc) is 2.46. The van der Waals surface area contributed by atoms with Gasteiger partial charge in [0, 0.05) is 13.1 Å². The summed E-state index contributed by atoms with van der Waals surface area (Å²) in [5.41, 5.74) is 0. The zero-order valence-corrected chi connectivity index (χ0v) is 13.6. The number of hydrogen-bond acceptors (Lipinski definition) is 4. The zero-order chi connectivity index (χ0) is 14.8. The van der Waals surface area contributed by atoms with Crippen LogP contribution >= 0.6 is 0 Å². The van der Waals surface area contributed by atoms with Gasteiger partial charge in [-0.05, 0) is 52.2 Å². The molecule has 118 valence electrons. The minimum absolute atomic E-state index is 0.00574. The van der Waals surface area contributed by atoms with Crippen molar-refractivity contribution >= 4 is 5.97 Å². The van der Waals surface area contributed by atoms with Crippen LogP contribution in [0.5, 0.6) is 0 Å². The van der Waals surface area contributed by atoms with Crippen molar-refractivity contribution in [3.63, 3.8) is 0 Å². The average molecular weight is 284 g/mol. The van der Waals surface area contributed by atoms with Crippen LogP contribution in [-0.2, 0) is 9.53 Å². The number of likely N-dealkylation sites (tertiary alicyclic amines) is 1. The molecule has 0 amide bonds. The molecule has 1 heterocycles. The van der Waals surface area contributed by atoms with Crippen LogP contribution in [-0.4, -0.2) is 61.1 Å². The summed E-state index contributed by atoms with van der Waals surface area (Å²) in [6, 6.07) is -0.00574. The number of piperidine rings is 1. The smallest absolute Gasteiger partial charge is 0.323 e. The predicted molar refractivity (Wildman–Crippen MR) is 82.9 cm³/mol. The topological polar surface area (TPSA) is 32.8 Å². The molecule has 0 aromatic heterocycles. The number of hydrogen-bond donors (Lipinski definition) is 0. The highest BCUT2D eigenvalue weighted by atomic mass is 16.5. The van der Waals surface area contributed by atoms with Gasteiger partial charge < -0.3 is 9.64 Å². The van der Waals surface area contributed by atoms with E-state index in [2.05, 4.69) is 23.6 Å². The third-order valence-corrected chi connectivity index (χ3v) is 3.96. The Labute approximate surface area is 124 Å². The van der Waals surface area contributed by atoms with Crippen molar-refractivity contribution < 1.29 is 9.53 Å². The van der Waals surface area contributed by atoms with Crippen LogP contribution in [0.2, 0.25) is 0 Å². The second-order valence-corrected chi connectivity index (χ2v) is 5.64. The summed E-state index contributed by atoms with van der Waals surface area (Å²) in [6.07, 6.45) is 5.70. The molecule has 0 spiro atoms. The van der Waals surface area contributed by atoms with Gasteiger partial charge in [0.25, 0.3) is 0 Å². The highest BCUT2D eigenvalue weighted by Crippen LogP contribution is 2.18. The molecule has 1 rings (SSSR count). The van der Waals surface area contributed by atoms with Crippen molar-refractivity contribution in [2.24, 2.45) is 0 Å². The molecule has 1 fully saturated rings. The molecule has 0 unspecified atom stereocenters. The van der Waals surface area contributed by atoms with Gasteiger partial charge in [-0.25, -0.2) is 0 Å². The number of esters is 1. The normalized spacial score (nSPS) is 20.3. The van der Waals surface area contributed by atoms with E-state index in [-0.39, 0.29) is 12.0 Å². The van der Waals surface area contributed by atoms with Crippen LogP contribution in [0.3, 0.4) is 0 Å². The molecule has 0 N–H and O–H groups in total. The lowest BCUT2D eigenvalue weighted by atomic mass is 10.0. The molecule has 0 bridgehead atoms. The van der Waals surface area contributed by atoms with Crippen LogP contribution < -0.4 is 0 Å². The maximum atomic E-state index is 12.0. The summed E-state index contributed by atoms with van der Waals surface area (Å²) < 4.78 is 5.22. The lowest BCUT2D eigenvalue weighted by Gasteiger charge is -2.35. The Morgan fingerprint density at radius 3 is 2.45 bits per heavy atom. The first-order valence-electron chi connectivity index (χ1n) is 8.35. The SMILES string of the molecule is CCCN(CCC)CCN1CCCC[C@H]1C(=O)OCC. The fourth-order valence-electron chi connectivity index (χ4n) is 3.00. The fraction of sp³-hybridized carbons (Fsp3) is 0.938. The van der Waals surface area contributed by atoms with Crippen molar-refractivity contribution in [3.05, 3.63) is 0 Å². The van der Waals surface area contributed by atoms with Gasteiger partial charge in [0.1, 0.15) is 6.04 Å². The minimum atomic E-state index is -0.0234. The number of carbonyl (C=O) groups excluding carboxylic acids is 1. The standard InChI is InChI=1S/C16H32N2O2/c1-4-10-17(11-5-2)13-14-18-12-8-7-9-15(18)16(19)20-6-3/h15H,4-14H2,1-3H3/t15-/m0/s1. The molecule has 1 aliphatic heterocycles. The molecule has 0 aromatic rings. The van der Waals surface area contributed by atoms with Gasteiger partial charge >= 0.3 is 5.97 Å². The van der Waals surface area contributed by atoms with Gasteiger partial charge in [-0.2, -0.15) is 0 Å². The molecule has 20 heavy (non-hydrogen) atoms. The Balaban J connectivity index is 2.46. The third-order valence-electron chi connectivity index (χ3n) is 3.96. The molecule has 0 aromatic carbocycles. The second-order valence-electron chi connectivity index (χ2n) is 5.64. The Morgan fingerprint density at radius 1 is 1.15 bits per heavy atom. The number of ether oxygens (including phenoxy) is 1. The largest absolute Gasteiger partial charge is 0.465 e. The Hall–Kier alpha value is -0.610. The van der Waals surface area contributed by atoms with E-state index in [1.165, 1.54) is 19.3 Å². The van der Waals surface area contributed by atoms with Crippen LogP contribution in [0.25, 0.3) is 0 Å². The molecule has 4 heteroatoms. The zero-order valence-electron chi connectivity index (χ0n) is 13.6. The summed E-state index contributed by atoms with van der Waals surface area (Å²) in [6.45, 7) is 12.2. The predicted octanol–water partition coefficient (Wildman–Crippen LogP) is 2.53. The van der Waals surface area contributed by atoms with Crippen LogP contribution in [0.4, 0.5) is 0 Å². The molecule has 1 atom stereocenters. The number of rotatable bonds is 9. The van der Waals surface area contributed by atoms with Crippen LogP contribution in [0.15, 0.2) is 0 Å². The molecule has 0 aliphatic carbocycles. The minimum Gasteiger partial charge on any atom is -0.465 e. The van der Waals surface area contributed by atoms with Crippen molar-refractivity contribution in [1.82, 2.24) is 9.80 Å². The Kier molecular flexibility index (Phi) is 8.86. The summed E-state index contributed by atoms with van der Waals surface area (Å²) in [4.78, 5) is 16.9. The molecule has 1 aliphatic rings. The van der Waals surface area contributed by atoms with Crippen LogP contribution in [0, 0.1) is 0 Å². The summed E-state index contributed by atoms with van der Waals surface area (Å²) >= 11 is 0. The van der Waals surface area contributed by atoms with Crippen molar-refractivity contribution in [1.29, 1.82) is 0 Å². The lowest BCUT2D eigenvalue weighted by molar-refractivity contribution is -0.151. The first kappa shape index (κ1) is 17.4. The van der Waals surface area contributed by atoms with E-state index in [4.69, 9.17) is 4.74 Å². The second kappa shape index (κ2) is 10.2. The Bertz CT molecular complexity index is 265. The van der Waals surface area contributed by atoms with E-state index >= 15 is 0 Å². The number of carbonyl (C=O) groups is 1. The van der Waals surface area contributed by atoms with Crippen molar-refractivity contribution in [2.45, 2.75) is 58.9 Å². The summed E-state index contributed by atoms with van der Waals surface area (Å²) in [5, 5.41) is 0. The molecular weight excluding hydrogens is 252 g/mol. The van der Waals surface area contributed by atoms with E-state index in [1.807, 2.05) is 6.92 Å². The van der Waals surface area contributed by atoms with E-state index < -0.39 is 0 Å². The van der Waals surface area contributed by atoms with Crippen molar-refractivity contribution in [2.75, 3.05) is 39.3 Å². The molecular formula is C16H32N2O2. The maximum Gasteiger partial charge on any atom is 0.323 e. The number of nitrogens with zero attached hydrogens (tertiary/aromatic N) is 2. The molecule has 0 saturated carbocycles. The third kappa shape index (κ3) is 5.80.